The Morgan fingerprint density at radius 2 is 1.93 bits per heavy atom. The van der Waals surface area contributed by atoms with Gasteiger partial charge in [-0.25, -0.2) is 9.78 Å². The van der Waals surface area contributed by atoms with Crippen molar-refractivity contribution in [3.05, 3.63) is 65.5 Å². The number of carboxylic acids is 1. The van der Waals surface area contributed by atoms with E-state index in [0.717, 1.165) is 22.6 Å². The fraction of sp³-hybridized carbons (Fsp3) is 0.238. The van der Waals surface area contributed by atoms with Gasteiger partial charge < -0.3 is 15.3 Å². The van der Waals surface area contributed by atoms with E-state index >= 15 is 0 Å². The Morgan fingerprint density at radius 3 is 2.66 bits per heavy atom. The molecule has 0 aliphatic carbocycles. The zero-order chi connectivity index (χ0) is 20.4. The minimum atomic E-state index is -1.00. The van der Waals surface area contributed by atoms with Gasteiger partial charge in [-0.1, -0.05) is 30.3 Å². The summed E-state index contributed by atoms with van der Waals surface area (Å²) in [7, 11) is 0. The van der Waals surface area contributed by atoms with E-state index in [1.807, 2.05) is 46.0 Å². The Bertz CT molecular complexity index is 1060. The summed E-state index contributed by atoms with van der Waals surface area (Å²) < 4.78 is 1.90. The van der Waals surface area contributed by atoms with E-state index in [0.29, 0.717) is 32.0 Å². The number of hydrogen-bond acceptors (Lipinski definition) is 5. The molecule has 1 aliphatic rings. The lowest BCUT2D eigenvalue weighted by Crippen LogP contribution is -2.35. The number of fused-ring (bicyclic) bond motifs is 1. The molecule has 0 fully saturated rings. The Hall–Kier alpha value is -3.68. The monoisotopic (exact) mass is 391 g/mol. The topological polar surface area (TPSA) is 100 Å². The van der Waals surface area contributed by atoms with Crippen LogP contribution in [-0.2, 0) is 24.4 Å². The molecule has 1 aromatic carbocycles. The van der Waals surface area contributed by atoms with Crippen molar-refractivity contribution in [1.82, 2.24) is 20.1 Å². The predicted molar refractivity (Wildman–Crippen MR) is 107 cm³/mol. The van der Waals surface area contributed by atoms with Crippen LogP contribution in [0.4, 0.5) is 5.82 Å². The van der Waals surface area contributed by atoms with Crippen LogP contribution < -0.4 is 10.2 Å². The molecule has 0 saturated heterocycles. The van der Waals surface area contributed by atoms with E-state index in [2.05, 4.69) is 15.4 Å². The van der Waals surface area contributed by atoms with Crippen LogP contribution in [0.25, 0.3) is 11.3 Å². The number of carboxylic acid groups (broad SMARTS) is 1. The highest BCUT2D eigenvalue weighted by molar-refractivity contribution is 5.94. The van der Waals surface area contributed by atoms with Crippen LogP contribution in [-0.4, -0.2) is 38.3 Å². The summed E-state index contributed by atoms with van der Waals surface area (Å²) in [6, 6.07) is 15.0. The van der Waals surface area contributed by atoms with Gasteiger partial charge in [0.2, 0.25) is 5.91 Å². The molecule has 3 heterocycles. The van der Waals surface area contributed by atoms with Gasteiger partial charge in [0.25, 0.3) is 0 Å². The molecule has 148 valence electrons. The van der Waals surface area contributed by atoms with Gasteiger partial charge in [-0.3, -0.25) is 9.48 Å². The van der Waals surface area contributed by atoms with Gasteiger partial charge in [0.05, 0.1) is 36.7 Å². The number of amides is 1. The van der Waals surface area contributed by atoms with E-state index in [1.165, 1.54) is 6.92 Å². The normalized spacial score (nSPS) is 13.1. The van der Waals surface area contributed by atoms with Crippen LogP contribution in [0.2, 0.25) is 0 Å². The summed E-state index contributed by atoms with van der Waals surface area (Å²) >= 11 is 0. The number of pyridine rings is 1. The van der Waals surface area contributed by atoms with Crippen molar-refractivity contribution in [2.45, 2.75) is 26.6 Å². The third-order valence-corrected chi connectivity index (χ3v) is 4.84. The first-order valence-electron chi connectivity index (χ1n) is 9.36. The third kappa shape index (κ3) is 3.96. The zero-order valence-electron chi connectivity index (χ0n) is 16.0. The minimum Gasteiger partial charge on any atom is -0.478 e. The van der Waals surface area contributed by atoms with Crippen LogP contribution in [0.15, 0.2) is 48.5 Å². The smallest absolute Gasteiger partial charge is 0.339 e. The van der Waals surface area contributed by atoms with Crippen molar-refractivity contribution in [2.75, 3.05) is 11.4 Å². The number of rotatable bonds is 5. The van der Waals surface area contributed by atoms with E-state index in [1.54, 1.807) is 12.1 Å². The lowest BCUT2D eigenvalue weighted by Gasteiger charge is -2.29. The van der Waals surface area contributed by atoms with E-state index in [9.17, 15) is 14.7 Å². The number of hydrogen-bond donors (Lipinski definition) is 2. The van der Waals surface area contributed by atoms with E-state index in [4.69, 9.17) is 0 Å². The highest BCUT2D eigenvalue weighted by Crippen LogP contribution is 2.27. The number of benzene rings is 1. The van der Waals surface area contributed by atoms with E-state index < -0.39 is 5.97 Å². The van der Waals surface area contributed by atoms with Gasteiger partial charge in [-0.2, -0.15) is 5.10 Å². The first kappa shape index (κ1) is 18.7. The van der Waals surface area contributed by atoms with Crippen LogP contribution >= 0.6 is 0 Å². The summed E-state index contributed by atoms with van der Waals surface area (Å²) in [4.78, 5) is 29.6. The van der Waals surface area contributed by atoms with E-state index in [-0.39, 0.29) is 11.5 Å². The maximum absolute atomic E-state index is 11.8. The molecular weight excluding hydrogens is 370 g/mol. The molecule has 0 saturated carbocycles. The van der Waals surface area contributed by atoms with Gasteiger partial charge in [0, 0.05) is 19.0 Å². The van der Waals surface area contributed by atoms with Crippen LogP contribution in [0, 0.1) is 0 Å². The van der Waals surface area contributed by atoms with Crippen LogP contribution in [0.1, 0.15) is 28.7 Å². The first-order valence-corrected chi connectivity index (χ1v) is 9.36. The van der Waals surface area contributed by atoms with Crippen molar-refractivity contribution in [2.24, 2.45) is 0 Å². The summed E-state index contributed by atoms with van der Waals surface area (Å²) in [5, 5.41) is 16.9. The number of carbonyl (C=O) groups excluding carboxylic acids is 1. The summed E-state index contributed by atoms with van der Waals surface area (Å²) in [6.45, 7) is 3.55. The number of nitrogens with zero attached hydrogens (tertiary/aromatic N) is 4. The van der Waals surface area contributed by atoms with Gasteiger partial charge in [-0.05, 0) is 18.2 Å². The van der Waals surface area contributed by atoms with Crippen LogP contribution in [0.5, 0.6) is 0 Å². The predicted octanol–water partition coefficient (Wildman–Crippen LogP) is 2.30. The SMILES string of the molecule is CC(=O)NCc1cc2n(n1)CCN(c1nc(-c3ccccc3)ccc1C(=O)O)C2. The van der Waals surface area contributed by atoms with Crippen molar-refractivity contribution in [1.29, 1.82) is 0 Å². The largest absolute Gasteiger partial charge is 0.478 e. The van der Waals surface area contributed by atoms with Crippen molar-refractivity contribution < 1.29 is 14.7 Å². The van der Waals surface area contributed by atoms with Crippen molar-refractivity contribution in [3.63, 3.8) is 0 Å². The number of anilines is 1. The number of carbonyl (C=O) groups is 2. The van der Waals surface area contributed by atoms with Gasteiger partial charge in [-0.15, -0.1) is 0 Å². The van der Waals surface area contributed by atoms with Crippen molar-refractivity contribution >= 4 is 17.7 Å². The minimum absolute atomic E-state index is 0.106. The Morgan fingerprint density at radius 1 is 1.14 bits per heavy atom. The standard InChI is InChI=1S/C21H21N5O3/c1-14(27)22-12-16-11-17-13-25(9-10-26(17)24-16)20-18(21(28)29)7-8-19(23-20)15-5-3-2-4-6-15/h2-8,11H,9-10,12-13H2,1H3,(H,22,27)(H,28,29). The Balaban J connectivity index is 1.64. The van der Waals surface area contributed by atoms with Gasteiger partial charge >= 0.3 is 5.97 Å². The summed E-state index contributed by atoms with van der Waals surface area (Å²) in [5.41, 5.74) is 3.58. The molecule has 1 amide bonds. The first-order chi connectivity index (χ1) is 14.0. The molecular formula is C21H21N5O3. The van der Waals surface area contributed by atoms with Gasteiger partial charge in [0.15, 0.2) is 0 Å². The third-order valence-electron chi connectivity index (χ3n) is 4.84. The molecule has 2 N–H and O–H groups in total. The summed E-state index contributed by atoms with van der Waals surface area (Å²) in [6.07, 6.45) is 0. The molecule has 0 radical (unpaired) electrons. The second kappa shape index (κ2) is 7.75. The van der Waals surface area contributed by atoms with Crippen molar-refractivity contribution in [3.8, 4) is 11.3 Å². The highest BCUT2D eigenvalue weighted by atomic mass is 16.4. The zero-order valence-corrected chi connectivity index (χ0v) is 16.0. The molecule has 29 heavy (non-hydrogen) atoms. The number of aromatic carboxylic acids is 1. The second-order valence-corrected chi connectivity index (χ2v) is 6.92. The Kier molecular flexibility index (Phi) is 4.99. The fourth-order valence-corrected chi connectivity index (χ4v) is 3.43. The maximum atomic E-state index is 11.8. The number of aromatic nitrogens is 3. The number of nitrogens with one attached hydrogen (secondary N) is 1. The lowest BCUT2D eigenvalue weighted by atomic mass is 10.1. The Labute approximate surface area is 167 Å². The second-order valence-electron chi connectivity index (χ2n) is 6.92. The average molecular weight is 391 g/mol. The molecule has 8 nitrogen and oxygen atoms in total. The molecule has 1 aliphatic heterocycles. The molecule has 0 atom stereocenters. The van der Waals surface area contributed by atoms with Gasteiger partial charge in [0.1, 0.15) is 11.4 Å². The summed E-state index contributed by atoms with van der Waals surface area (Å²) in [5.74, 6) is -0.655. The average Bonchev–Trinajstić information content (AvgIpc) is 3.14. The van der Waals surface area contributed by atoms with Crippen LogP contribution in [0.3, 0.4) is 0 Å². The fourth-order valence-electron chi connectivity index (χ4n) is 3.43. The molecule has 4 rings (SSSR count). The molecule has 2 aromatic heterocycles. The molecule has 0 bridgehead atoms. The molecule has 0 unspecified atom stereocenters. The molecule has 3 aromatic rings. The molecule has 8 heteroatoms. The lowest BCUT2D eigenvalue weighted by molar-refractivity contribution is -0.119. The maximum Gasteiger partial charge on any atom is 0.339 e. The quantitative estimate of drug-likeness (QED) is 0.692. The highest BCUT2D eigenvalue weighted by Gasteiger charge is 2.24. The molecule has 0 spiro atoms.